The van der Waals surface area contributed by atoms with Crippen LogP contribution < -0.4 is 5.32 Å². The Morgan fingerprint density at radius 1 is 0.840 bits per heavy atom. The normalized spacial score (nSPS) is 12.4. The fourth-order valence-corrected chi connectivity index (χ4v) is 5.94. The Bertz CT molecular complexity index is 1920. The average Bonchev–Trinajstić information content (AvgIpc) is 3.48. The molecular weight excluding hydrogens is 622 g/mol. The van der Waals surface area contributed by atoms with Crippen LogP contribution in [-0.4, -0.2) is 36.2 Å². The molecule has 0 spiro atoms. The average molecular weight is 670 g/mol. The minimum Gasteiger partial charge on any atom is -0.462 e. The molecule has 0 saturated carbocycles. The molecule has 5 rings (SSSR count). The highest BCUT2D eigenvalue weighted by Crippen LogP contribution is 2.34. The summed E-state index contributed by atoms with van der Waals surface area (Å²) in [7, 11) is 0. The van der Waals surface area contributed by atoms with Crippen LogP contribution in [0.25, 0.3) is 11.0 Å². The van der Waals surface area contributed by atoms with Gasteiger partial charge in [-0.1, -0.05) is 131 Å². The lowest BCUT2D eigenvalue weighted by molar-refractivity contribution is -0.124. The first-order valence-corrected chi connectivity index (χ1v) is 17.5. The minimum atomic E-state index is -0.552. The number of furan rings is 1. The number of aliphatic hydroxyl groups is 1. The van der Waals surface area contributed by atoms with Crippen molar-refractivity contribution in [2.75, 3.05) is 13.2 Å². The van der Waals surface area contributed by atoms with E-state index in [2.05, 4.69) is 31.0 Å². The molecular formula is C44H47NO5. The van der Waals surface area contributed by atoms with Crippen molar-refractivity contribution in [2.24, 2.45) is 11.8 Å². The van der Waals surface area contributed by atoms with E-state index in [1.807, 2.05) is 117 Å². The number of hydrogen-bond donors (Lipinski definition) is 2. The van der Waals surface area contributed by atoms with E-state index in [1.165, 1.54) is 0 Å². The summed E-state index contributed by atoms with van der Waals surface area (Å²) in [6.07, 6.45) is 2.04. The first-order chi connectivity index (χ1) is 24.2. The molecule has 0 aliphatic rings. The van der Waals surface area contributed by atoms with Gasteiger partial charge in [0, 0.05) is 18.2 Å². The van der Waals surface area contributed by atoms with Crippen molar-refractivity contribution >= 4 is 22.8 Å². The van der Waals surface area contributed by atoms with Crippen LogP contribution in [0.1, 0.15) is 84.0 Å². The predicted molar refractivity (Wildman–Crippen MR) is 199 cm³/mol. The van der Waals surface area contributed by atoms with Crippen molar-refractivity contribution in [2.45, 2.75) is 65.3 Å². The lowest BCUT2D eigenvalue weighted by Gasteiger charge is -2.24. The van der Waals surface area contributed by atoms with Gasteiger partial charge in [0.2, 0.25) is 5.91 Å². The van der Waals surface area contributed by atoms with E-state index >= 15 is 0 Å². The third-order valence-electron chi connectivity index (χ3n) is 8.91. The van der Waals surface area contributed by atoms with Gasteiger partial charge in [-0.2, -0.15) is 0 Å². The van der Waals surface area contributed by atoms with Gasteiger partial charge in [-0.15, -0.1) is 0 Å². The third kappa shape index (κ3) is 9.52. The molecule has 0 aliphatic heterocycles. The van der Waals surface area contributed by atoms with E-state index in [0.29, 0.717) is 59.6 Å². The number of amides is 1. The second kappa shape index (κ2) is 17.5. The number of carbonyl (C=O) groups is 2. The number of nitrogens with one attached hydrogen (secondary N) is 1. The predicted octanol–water partition coefficient (Wildman–Crippen LogP) is 8.28. The molecule has 4 aromatic carbocycles. The molecule has 1 heterocycles. The van der Waals surface area contributed by atoms with Gasteiger partial charge in [0.15, 0.2) is 5.58 Å². The summed E-state index contributed by atoms with van der Waals surface area (Å²) in [5.74, 6) is 6.45. The number of hydrogen-bond acceptors (Lipinski definition) is 5. The van der Waals surface area contributed by atoms with Gasteiger partial charge in [0.1, 0.15) is 11.3 Å². The number of aliphatic hydroxyl groups excluding tert-OH is 1. The standard InChI is InChI=1S/C44H47NO5/c1-30(2)23-24-49-44(48)41-38-27-34(26-37(35-20-12-7-13-21-35)43(47)45-39(29-46)31(3)4)25-36(22-14-19-32-15-8-5-9-16-32)42(38)50-40(41)28-33-17-10-6-11-18-33/h5-13,15-18,20-21,25,27,30-31,37,39,46H,19,23-24,26,28-29H2,1-4H3,(H,45,47)/t37?,39-/m1/s1. The van der Waals surface area contributed by atoms with Gasteiger partial charge in [-0.3, -0.25) is 4.79 Å². The van der Waals surface area contributed by atoms with Crippen LogP contribution in [0.4, 0.5) is 0 Å². The number of carbonyl (C=O) groups excluding carboxylic acids is 2. The molecule has 0 bridgehead atoms. The first kappa shape index (κ1) is 36.2. The third-order valence-corrected chi connectivity index (χ3v) is 8.91. The van der Waals surface area contributed by atoms with Crippen molar-refractivity contribution in [3.8, 4) is 11.8 Å². The number of benzene rings is 4. The minimum absolute atomic E-state index is 0.0569. The molecule has 2 N–H and O–H groups in total. The largest absolute Gasteiger partial charge is 0.462 e. The zero-order valence-electron chi connectivity index (χ0n) is 29.4. The van der Waals surface area contributed by atoms with Crippen molar-refractivity contribution in [1.82, 2.24) is 5.32 Å². The maximum Gasteiger partial charge on any atom is 0.342 e. The van der Waals surface area contributed by atoms with E-state index in [4.69, 9.17) is 9.15 Å². The Labute approximate surface area is 295 Å². The monoisotopic (exact) mass is 669 g/mol. The van der Waals surface area contributed by atoms with Gasteiger partial charge in [0.05, 0.1) is 30.7 Å². The summed E-state index contributed by atoms with van der Waals surface area (Å²) < 4.78 is 12.4. The van der Waals surface area contributed by atoms with Crippen molar-refractivity contribution < 1.29 is 23.8 Å². The molecule has 0 radical (unpaired) electrons. The Kier molecular flexibility index (Phi) is 12.7. The highest BCUT2D eigenvalue weighted by atomic mass is 16.5. The molecule has 5 aromatic rings. The second-order valence-electron chi connectivity index (χ2n) is 13.6. The SMILES string of the molecule is CC(C)CCOC(=O)c1c(Cc2ccccc2)oc2c(C#CCc3ccccc3)cc(CC(C(=O)N[C@H](CO)C(C)C)c3ccccc3)cc12. The maximum atomic E-state index is 13.9. The summed E-state index contributed by atoms with van der Waals surface area (Å²) >= 11 is 0. The molecule has 1 aromatic heterocycles. The zero-order valence-corrected chi connectivity index (χ0v) is 29.4. The zero-order chi connectivity index (χ0) is 35.5. The van der Waals surface area contributed by atoms with Crippen molar-refractivity contribution in [1.29, 1.82) is 0 Å². The van der Waals surface area contributed by atoms with Crippen LogP contribution in [0, 0.1) is 23.7 Å². The fourth-order valence-electron chi connectivity index (χ4n) is 5.94. The molecule has 1 unspecified atom stereocenters. The van der Waals surface area contributed by atoms with Crippen LogP contribution in [-0.2, 0) is 28.8 Å². The van der Waals surface area contributed by atoms with Gasteiger partial charge in [-0.25, -0.2) is 4.79 Å². The van der Waals surface area contributed by atoms with Crippen LogP contribution in [0.2, 0.25) is 0 Å². The molecule has 6 heteroatoms. The van der Waals surface area contributed by atoms with E-state index in [9.17, 15) is 14.7 Å². The van der Waals surface area contributed by atoms with Gasteiger partial charge < -0.3 is 19.6 Å². The van der Waals surface area contributed by atoms with Gasteiger partial charge in [-0.05, 0) is 59.1 Å². The Balaban J connectivity index is 1.64. The van der Waals surface area contributed by atoms with Crippen LogP contribution >= 0.6 is 0 Å². The summed E-state index contributed by atoms with van der Waals surface area (Å²) in [6.45, 7) is 8.28. The topological polar surface area (TPSA) is 88.8 Å². The van der Waals surface area contributed by atoms with E-state index in [1.54, 1.807) is 0 Å². The summed E-state index contributed by atoms with van der Waals surface area (Å²) in [6, 6.07) is 33.1. The molecule has 6 nitrogen and oxygen atoms in total. The molecule has 258 valence electrons. The number of fused-ring (bicyclic) bond motifs is 1. The molecule has 0 aliphatic carbocycles. The van der Waals surface area contributed by atoms with E-state index in [0.717, 1.165) is 28.7 Å². The lowest BCUT2D eigenvalue weighted by Crippen LogP contribution is -2.43. The highest BCUT2D eigenvalue weighted by Gasteiger charge is 2.28. The van der Waals surface area contributed by atoms with E-state index in [-0.39, 0.29) is 24.5 Å². The van der Waals surface area contributed by atoms with Crippen LogP contribution in [0.15, 0.2) is 108 Å². The number of ether oxygens (including phenoxy) is 1. The summed E-state index contributed by atoms with van der Waals surface area (Å²) in [4.78, 5) is 27.8. The molecule has 0 fully saturated rings. The molecule has 2 atom stereocenters. The first-order valence-electron chi connectivity index (χ1n) is 17.5. The van der Waals surface area contributed by atoms with E-state index < -0.39 is 11.9 Å². The van der Waals surface area contributed by atoms with Crippen LogP contribution in [0.5, 0.6) is 0 Å². The van der Waals surface area contributed by atoms with Crippen LogP contribution in [0.3, 0.4) is 0 Å². The summed E-state index contributed by atoms with van der Waals surface area (Å²) in [5, 5.41) is 13.7. The Hall–Kier alpha value is -5.12. The number of esters is 1. The molecule has 0 saturated heterocycles. The second-order valence-corrected chi connectivity index (χ2v) is 13.6. The van der Waals surface area contributed by atoms with Gasteiger partial charge >= 0.3 is 5.97 Å². The molecule has 50 heavy (non-hydrogen) atoms. The summed E-state index contributed by atoms with van der Waals surface area (Å²) in [5.41, 5.74) is 5.34. The number of rotatable bonds is 14. The van der Waals surface area contributed by atoms with Gasteiger partial charge in [0.25, 0.3) is 0 Å². The Morgan fingerprint density at radius 2 is 1.48 bits per heavy atom. The fraction of sp³-hybridized carbons (Fsp3) is 0.318. The quantitative estimate of drug-likeness (QED) is 0.0918. The highest BCUT2D eigenvalue weighted by molar-refractivity contribution is 6.06. The maximum absolute atomic E-state index is 13.9. The Morgan fingerprint density at radius 3 is 2.10 bits per heavy atom. The lowest BCUT2D eigenvalue weighted by atomic mass is 9.89. The molecule has 1 amide bonds. The van der Waals surface area contributed by atoms with Crippen molar-refractivity contribution in [3.05, 3.63) is 142 Å². The smallest absolute Gasteiger partial charge is 0.342 e. The van der Waals surface area contributed by atoms with Crippen molar-refractivity contribution in [3.63, 3.8) is 0 Å².